The number of unbranched alkanes of at least 4 members (excludes halogenated alkanes) is 1. The third kappa shape index (κ3) is 4.04. The van der Waals surface area contributed by atoms with Gasteiger partial charge in [0.05, 0.1) is 0 Å². The molecular weight excluding hydrogens is 351 g/mol. The Morgan fingerprint density at radius 2 is 1.56 bits per heavy atom. The molecule has 1 aromatic heterocycles. The number of rotatable bonds is 5. The fourth-order valence-corrected chi connectivity index (χ4v) is 5.85. The Balaban J connectivity index is 1.40. The van der Waals surface area contributed by atoms with Crippen LogP contribution in [0, 0.1) is 5.41 Å². The Hall–Kier alpha value is -1.07. The molecule has 4 aliphatic rings. The van der Waals surface area contributed by atoms with E-state index in [1.807, 2.05) is 0 Å². The average Bonchev–Trinajstić information content (AvgIpc) is 3.02. The fourth-order valence-electron chi connectivity index (χ4n) is 5.85. The highest BCUT2D eigenvalue weighted by atomic mass is 19.4. The van der Waals surface area contributed by atoms with Crippen LogP contribution in [0.2, 0.25) is 0 Å². The van der Waals surface area contributed by atoms with Crippen LogP contribution in [0.4, 0.5) is 13.2 Å². The van der Waals surface area contributed by atoms with E-state index in [4.69, 9.17) is 0 Å². The number of aromatic nitrogens is 3. The Morgan fingerprint density at radius 1 is 0.852 bits per heavy atom. The van der Waals surface area contributed by atoms with E-state index in [9.17, 15) is 13.2 Å². The molecule has 1 aliphatic heterocycles. The molecule has 3 nitrogen and oxygen atoms in total. The van der Waals surface area contributed by atoms with Crippen LogP contribution in [0.5, 0.6) is 0 Å². The molecule has 27 heavy (non-hydrogen) atoms. The van der Waals surface area contributed by atoms with Gasteiger partial charge in [0.25, 0.3) is 0 Å². The van der Waals surface area contributed by atoms with E-state index < -0.39 is 12.6 Å². The predicted molar refractivity (Wildman–Crippen MR) is 98.5 cm³/mol. The second-order valence-electron chi connectivity index (χ2n) is 9.36. The van der Waals surface area contributed by atoms with E-state index in [1.165, 1.54) is 37.3 Å². The molecule has 0 spiro atoms. The third-order valence-corrected chi connectivity index (χ3v) is 7.65. The average molecular weight is 384 g/mol. The first-order chi connectivity index (χ1) is 12.9. The van der Waals surface area contributed by atoms with Gasteiger partial charge in [0, 0.05) is 24.8 Å². The molecule has 0 atom stereocenters. The van der Waals surface area contributed by atoms with Crippen molar-refractivity contribution in [2.24, 2.45) is 5.41 Å². The number of hydrogen-bond donors (Lipinski definition) is 0. The summed E-state index contributed by atoms with van der Waals surface area (Å²) in [6.45, 7) is 1.06. The van der Waals surface area contributed by atoms with Gasteiger partial charge in [0.1, 0.15) is 11.6 Å². The number of nitrogens with zero attached hydrogens (tertiary/aromatic N) is 3. The van der Waals surface area contributed by atoms with Crippen molar-refractivity contribution < 1.29 is 13.2 Å². The minimum Gasteiger partial charge on any atom is -0.315 e. The molecule has 0 unspecified atom stereocenters. The van der Waals surface area contributed by atoms with Gasteiger partial charge in [0.15, 0.2) is 0 Å². The maximum Gasteiger partial charge on any atom is 0.389 e. The molecule has 1 aromatic rings. The Labute approximate surface area is 160 Å². The van der Waals surface area contributed by atoms with E-state index in [1.54, 1.807) is 0 Å². The van der Waals surface area contributed by atoms with Gasteiger partial charge in [-0.25, -0.2) is 0 Å². The summed E-state index contributed by atoms with van der Waals surface area (Å²) < 4.78 is 39.6. The molecule has 0 N–H and O–H groups in total. The first-order valence-corrected chi connectivity index (χ1v) is 10.9. The van der Waals surface area contributed by atoms with Crippen LogP contribution in [-0.2, 0) is 18.4 Å². The van der Waals surface area contributed by atoms with Crippen LogP contribution in [0.25, 0.3) is 0 Å². The van der Waals surface area contributed by atoms with Gasteiger partial charge in [-0.15, -0.1) is 10.2 Å². The molecule has 6 heteroatoms. The van der Waals surface area contributed by atoms with Crippen molar-refractivity contribution in [1.29, 1.82) is 0 Å². The lowest BCUT2D eigenvalue weighted by Crippen LogP contribution is -2.45. The molecular formula is C21H32F3N3. The maximum atomic E-state index is 12.4. The van der Waals surface area contributed by atoms with Gasteiger partial charge >= 0.3 is 6.18 Å². The number of alkyl halides is 3. The van der Waals surface area contributed by atoms with E-state index in [0.29, 0.717) is 11.8 Å². The summed E-state index contributed by atoms with van der Waals surface area (Å²) in [5.74, 6) is 2.40. The topological polar surface area (TPSA) is 30.7 Å². The van der Waals surface area contributed by atoms with E-state index in [-0.39, 0.29) is 11.8 Å². The van der Waals surface area contributed by atoms with Crippen LogP contribution < -0.4 is 0 Å². The largest absolute Gasteiger partial charge is 0.389 e. The van der Waals surface area contributed by atoms with Crippen molar-refractivity contribution >= 4 is 0 Å². The zero-order valence-electron chi connectivity index (χ0n) is 16.3. The number of fused-ring (bicyclic) bond motifs is 4. The van der Waals surface area contributed by atoms with Crippen LogP contribution >= 0.6 is 0 Å². The van der Waals surface area contributed by atoms with Gasteiger partial charge in [-0.2, -0.15) is 13.2 Å². The lowest BCUT2D eigenvalue weighted by atomic mass is 9.52. The molecule has 0 aromatic carbocycles. The second kappa shape index (κ2) is 7.40. The zero-order valence-corrected chi connectivity index (χ0v) is 16.3. The Morgan fingerprint density at radius 3 is 2.26 bits per heavy atom. The Bertz CT molecular complexity index is 625. The SMILES string of the molecule is FC(F)(F)CCCCC12CCC(c3nnc4n3CCCCCC4)(CC1)CC2. The van der Waals surface area contributed by atoms with Gasteiger partial charge in [-0.05, 0) is 69.6 Å². The molecule has 0 radical (unpaired) electrons. The van der Waals surface area contributed by atoms with Gasteiger partial charge < -0.3 is 4.57 Å². The van der Waals surface area contributed by atoms with Crippen molar-refractivity contribution in [3.8, 4) is 0 Å². The third-order valence-electron chi connectivity index (χ3n) is 7.65. The monoisotopic (exact) mass is 383 g/mol. The molecule has 2 heterocycles. The van der Waals surface area contributed by atoms with Crippen LogP contribution in [-0.4, -0.2) is 20.9 Å². The minimum atomic E-state index is -4.00. The van der Waals surface area contributed by atoms with Crippen molar-refractivity contribution in [2.75, 3.05) is 0 Å². The molecule has 3 saturated carbocycles. The summed E-state index contributed by atoms with van der Waals surface area (Å²) in [6.07, 6.45) is 10.3. The van der Waals surface area contributed by atoms with Gasteiger partial charge in [-0.3, -0.25) is 0 Å². The van der Waals surface area contributed by atoms with Crippen molar-refractivity contribution in [3.05, 3.63) is 11.6 Å². The molecule has 0 amide bonds. The molecule has 2 bridgehead atoms. The van der Waals surface area contributed by atoms with Crippen molar-refractivity contribution in [3.63, 3.8) is 0 Å². The highest BCUT2D eigenvalue weighted by molar-refractivity contribution is 5.17. The van der Waals surface area contributed by atoms with Gasteiger partial charge in [0.2, 0.25) is 0 Å². The molecule has 152 valence electrons. The highest BCUT2D eigenvalue weighted by Crippen LogP contribution is 2.59. The van der Waals surface area contributed by atoms with Crippen LogP contribution in [0.15, 0.2) is 0 Å². The summed E-state index contributed by atoms with van der Waals surface area (Å²) >= 11 is 0. The number of aryl methyl sites for hydroxylation is 1. The molecule has 3 aliphatic carbocycles. The lowest BCUT2D eigenvalue weighted by molar-refractivity contribution is -0.136. The van der Waals surface area contributed by atoms with Crippen molar-refractivity contribution in [2.45, 2.75) is 114 Å². The molecule has 3 fully saturated rings. The summed E-state index contributed by atoms with van der Waals surface area (Å²) in [7, 11) is 0. The van der Waals surface area contributed by atoms with Crippen molar-refractivity contribution in [1.82, 2.24) is 14.8 Å². The minimum absolute atomic E-state index is 0.179. The first-order valence-electron chi connectivity index (χ1n) is 10.9. The molecule has 0 saturated heterocycles. The summed E-state index contributed by atoms with van der Waals surface area (Å²) in [4.78, 5) is 0. The lowest BCUT2D eigenvalue weighted by Gasteiger charge is -2.53. The van der Waals surface area contributed by atoms with Crippen LogP contribution in [0.1, 0.15) is 102 Å². The quantitative estimate of drug-likeness (QED) is 0.574. The number of halogens is 3. The summed E-state index contributed by atoms with van der Waals surface area (Å²) in [6, 6.07) is 0. The normalized spacial score (nSPS) is 31.4. The second-order valence-corrected chi connectivity index (χ2v) is 9.36. The molecule has 5 rings (SSSR count). The number of hydrogen-bond acceptors (Lipinski definition) is 2. The maximum absolute atomic E-state index is 12.4. The van der Waals surface area contributed by atoms with E-state index in [2.05, 4.69) is 14.8 Å². The van der Waals surface area contributed by atoms with E-state index >= 15 is 0 Å². The standard InChI is InChI=1S/C21H32F3N3/c22-21(23,24)9-5-4-8-19-10-13-20(14-11-19,15-12-19)18-26-25-17-7-3-1-2-6-16-27(17)18/h1-16H2. The Kier molecular flexibility index (Phi) is 5.28. The fraction of sp³-hybridized carbons (Fsp3) is 0.905. The summed E-state index contributed by atoms with van der Waals surface area (Å²) in [5, 5.41) is 9.24. The van der Waals surface area contributed by atoms with Gasteiger partial charge in [-0.1, -0.05) is 19.3 Å². The van der Waals surface area contributed by atoms with Crippen LogP contribution in [0.3, 0.4) is 0 Å². The smallest absolute Gasteiger partial charge is 0.315 e. The summed E-state index contributed by atoms with van der Waals surface area (Å²) in [5.41, 5.74) is 0.477. The zero-order chi connectivity index (χ0) is 19.0. The van der Waals surface area contributed by atoms with E-state index in [0.717, 1.165) is 57.9 Å². The predicted octanol–water partition coefficient (Wildman–Crippen LogP) is 6.11. The highest BCUT2D eigenvalue weighted by Gasteiger charge is 2.51. The first kappa shape index (κ1) is 19.3.